The van der Waals surface area contributed by atoms with E-state index in [1.807, 2.05) is 12.1 Å². The van der Waals surface area contributed by atoms with Crippen LogP contribution in [0, 0.1) is 0 Å². The molecule has 0 spiro atoms. The van der Waals surface area contributed by atoms with Crippen molar-refractivity contribution in [1.82, 2.24) is 15.1 Å². The molecule has 96 valence electrons. The Bertz CT molecular complexity index is 496. The normalized spacial score (nSPS) is 10.8. The molecule has 2 aromatic heterocycles. The van der Waals surface area contributed by atoms with Gasteiger partial charge in [-0.3, -0.25) is 4.98 Å². The van der Waals surface area contributed by atoms with Crippen molar-refractivity contribution in [2.45, 2.75) is 32.6 Å². The van der Waals surface area contributed by atoms with Crippen LogP contribution >= 0.6 is 0 Å². The van der Waals surface area contributed by atoms with Crippen molar-refractivity contribution in [2.24, 2.45) is 0 Å². The lowest BCUT2D eigenvalue weighted by Gasteiger charge is -2.00. The molecule has 5 heteroatoms. The Morgan fingerprint density at radius 1 is 1.33 bits per heavy atom. The van der Waals surface area contributed by atoms with E-state index in [4.69, 9.17) is 9.63 Å². The lowest BCUT2D eigenvalue weighted by molar-refractivity contribution is 0.281. The zero-order valence-corrected chi connectivity index (χ0v) is 10.5. The molecule has 2 heterocycles. The first-order chi connectivity index (χ1) is 8.85. The zero-order chi connectivity index (χ0) is 12.8. The second kappa shape index (κ2) is 6.26. The number of hydrogen-bond acceptors (Lipinski definition) is 5. The van der Waals surface area contributed by atoms with Crippen LogP contribution in [0.4, 0.5) is 0 Å². The summed E-state index contributed by atoms with van der Waals surface area (Å²) in [5.41, 5.74) is 1.90. The SMILES string of the molecule is CCc1cccnc1-c1noc(CCCCO)n1. The predicted octanol–water partition coefficient (Wildman–Crippen LogP) is 2.01. The van der Waals surface area contributed by atoms with Crippen LogP contribution in [-0.2, 0) is 12.8 Å². The molecule has 1 N–H and O–H groups in total. The number of aliphatic hydroxyl groups excluding tert-OH is 1. The molecule has 0 radical (unpaired) electrons. The average molecular weight is 247 g/mol. The Labute approximate surface area is 106 Å². The van der Waals surface area contributed by atoms with Crippen molar-refractivity contribution in [3.63, 3.8) is 0 Å². The monoisotopic (exact) mass is 247 g/mol. The number of unbranched alkanes of at least 4 members (excludes halogenated alkanes) is 1. The first kappa shape index (κ1) is 12.7. The predicted molar refractivity (Wildman–Crippen MR) is 66.9 cm³/mol. The molecular weight excluding hydrogens is 230 g/mol. The Morgan fingerprint density at radius 3 is 3.00 bits per heavy atom. The maximum atomic E-state index is 8.72. The van der Waals surface area contributed by atoms with E-state index in [0.29, 0.717) is 18.1 Å². The van der Waals surface area contributed by atoms with Crippen LogP contribution in [0.25, 0.3) is 11.5 Å². The van der Waals surface area contributed by atoms with Crippen LogP contribution in [0.2, 0.25) is 0 Å². The van der Waals surface area contributed by atoms with Crippen molar-refractivity contribution in [3.05, 3.63) is 29.8 Å². The minimum Gasteiger partial charge on any atom is -0.396 e. The van der Waals surface area contributed by atoms with Gasteiger partial charge in [-0.05, 0) is 30.9 Å². The van der Waals surface area contributed by atoms with Crippen molar-refractivity contribution in [3.8, 4) is 11.5 Å². The van der Waals surface area contributed by atoms with Crippen LogP contribution in [0.5, 0.6) is 0 Å². The van der Waals surface area contributed by atoms with E-state index in [-0.39, 0.29) is 6.61 Å². The van der Waals surface area contributed by atoms with Gasteiger partial charge in [-0.15, -0.1) is 0 Å². The second-order valence-corrected chi connectivity index (χ2v) is 4.06. The number of aliphatic hydroxyl groups is 1. The number of aryl methyl sites for hydroxylation is 2. The fraction of sp³-hybridized carbons (Fsp3) is 0.462. The molecule has 0 aromatic carbocycles. The van der Waals surface area contributed by atoms with Crippen molar-refractivity contribution < 1.29 is 9.63 Å². The average Bonchev–Trinajstić information content (AvgIpc) is 2.88. The summed E-state index contributed by atoms with van der Waals surface area (Å²) in [6, 6.07) is 3.93. The van der Waals surface area contributed by atoms with E-state index in [1.165, 1.54) is 0 Å². The summed E-state index contributed by atoms with van der Waals surface area (Å²) in [4.78, 5) is 8.64. The lowest BCUT2D eigenvalue weighted by Crippen LogP contribution is -1.93. The fourth-order valence-corrected chi connectivity index (χ4v) is 1.77. The van der Waals surface area contributed by atoms with Crippen molar-refractivity contribution >= 4 is 0 Å². The van der Waals surface area contributed by atoms with Gasteiger partial charge in [-0.25, -0.2) is 0 Å². The number of hydrogen-bond donors (Lipinski definition) is 1. The zero-order valence-electron chi connectivity index (χ0n) is 10.5. The van der Waals surface area contributed by atoms with Gasteiger partial charge < -0.3 is 9.63 Å². The molecule has 0 fully saturated rings. The molecule has 18 heavy (non-hydrogen) atoms. The highest BCUT2D eigenvalue weighted by atomic mass is 16.5. The molecule has 2 aromatic rings. The summed E-state index contributed by atoms with van der Waals surface area (Å²) in [5, 5.41) is 12.7. The van der Waals surface area contributed by atoms with E-state index in [9.17, 15) is 0 Å². The van der Waals surface area contributed by atoms with Gasteiger partial charge in [0.25, 0.3) is 0 Å². The van der Waals surface area contributed by atoms with Crippen LogP contribution in [0.3, 0.4) is 0 Å². The summed E-state index contributed by atoms with van der Waals surface area (Å²) < 4.78 is 5.18. The van der Waals surface area contributed by atoms with Gasteiger partial charge in [0.2, 0.25) is 11.7 Å². The molecule has 0 amide bonds. The summed E-state index contributed by atoms with van der Waals surface area (Å²) in [7, 11) is 0. The molecular formula is C13H17N3O2. The summed E-state index contributed by atoms with van der Waals surface area (Å²) in [5.74, 6) is 1.15. The van der Waals surface area contributed by atoms with E-state index in [2.05, 4.69) is 22.0 Å². The Kier molecular flexibility index (Phi) is 4.41. The topological polar surface area (TPSA) is 72.0 Å². The van der Waals surface area contributed by atoms with Gasteiger partial charge >= 0.3 is 0 Å². The first-order valence-corrected chi connectivity index (χ1v) is 6.23. The minimum atomic E-state index is 0.196. The Hall–Kier alpha value is -1.75. The number of nitrogens with zero attached hydrogens (tertiary/aromatic N) is 3. The van der Waals surface area contributed by atoms with E-state index in [0.717, 1.165) is 30.5 Å². The van der Waals surface area contributed by atoms with Gasteiger partial charge in [0, 0.05) is 19.2 Å². The molecule has 0 atom stereocenters. The van der Waals surface area contributed by atoms with E-state index in [1.54, 1.807) is 6.20 Å². The largest absolute Gasteiger partial charge is 0.396 e. The molecule has 0 bridgehead atoms. The molecule has 2 rings (SSSR count). The molecule has 0 aliphatic rings. The van der Waals surface area contributed by atoms with Gasteiger partial charge in [0.15, 0.2) is 0 Å². The highest BCUT2D eigenvalue weighted by Gasteiger charge is 2.12. The number of pyridine rings is 1. The Balaban J connectivity index is 2.13. The standard InChI is InChI=1S/C13H17N3O2/c1-2-10-6-5-8-14-12(10)13-15-11(18-16-13)7-3-4-9-17/h5-6,8,17H,2-4,7,9H2,1H3. The second-order valence-electron chi connectivity index (χ2n) is 4.06. The molecule has 0 saturated carbocycles. The summed E-state index contributed by atoms with van der Waals surface area (Å²) in [6.45, 7) is 2.27. The molecule has 0 aliphatic carbocycles. The number of aromatic nitrogens is 3. The third-order valence-electron chi connectivity index (χ3n) is 2.75. The third-order valence-corrected chi connectivity index (χ3v) is 2.75. The van der Waals surface area contributed by atoms with Crippen molar-refractivity contribution in [2.75, 3.05) is 6.61 Å². The van der Waals surface area contributed by atoms with Gasteiger partial charge in [0.1, 0.15) is 5.69 Å². The molecule has 0 saturated heterocycles. The first-order valence-electron chi connectivity index (χ1n) is 6.23. The number of rotatable bonds is 6. The van der Waals surface area contributed by atoms with Crippen molar-refractivity contribution in [1.29, 1.82) is 0 Å². The molecule has 5 nitrogen and oxygen atoms in total. The van der Waals surface area contributed by atoms with E-state index < -0.39 is 0 Å². The highest BCUT2D eigenvalue weighted by molar-refractivity contribution is 5.53. The minimum absolute atomic E-state index is 0.196. The van der Waals surface area contributed by atoms with Crippen LogP contribution < -0.4 is 0 Å². The maximum Gasteiger partial charge on any atom is 0.227 e. The molecule has 0 aliphatic heterocycles. The smallest absolute Gasteiger partial charge is 0.227 e. The summed E-state index contributed by atoms with van der Waals surface area (Å²) in [6.07, 6.45) is 4.91. The fourth-order valence-electron chi connectivity index (χ4n) is 1.77. The van der Waals surface area contributed by atoms with Crippen LogP contribution in [0.15, 0.2) is 22.9 Å². The quantitative estimate of drug-likeness (QED) is 0.790. The summed E-state index contributed by atoms with van der Waals surface area (Å²) >= 11 is 0. The van der Waals surface area contributed by atoms with E-state index >= 15 is 0 Å². The highest BCUT2D eigenvalue weighted by Crippen LogP contribution is 2.18. The van der Waals surface area contributed by atoms with Crippen LogP contribution in [-0.4, -0.2) is 26.8 Å². The van der Waals surface area contributed by atoms with Gasteiger partial charge in [0.05, 0.1) is 0 Å². The van der Waals surface area contributed by atoms with Gasteiger partial charge in [-0.2, -0.15) is 4.98 Å². The lowest BCUT2D eigenvalue weighted by atomic mass is 10.1. The van der Waals surface area contributed by atoms with Crippen LogP contribution in [0.1, 0.15) is 31.2 Å². The Morgan fingerprint density at radius 2 is 2.22 bits per heavy atom. The molecule has 0 unspecified atom stereocenters. The third kappa shape index (κ3) is 2.92. The maximum absolute atomic E-state index is 8.72. The van der Waals surface area contributed by atoms with Gasteiger partial charge in [-0.1, -0.05) is 18.1 Å².